The molecule has 0 fully saturated rings. The van der Waals surface area contributed by atoms with E-state index in [-0.39, 0.29) is 5.82 Å². The van der Waals surface area contributed by atoms with Crippen LogP contribution in [0.15, 0.2) is 16.6 Å². The molecule has 2 nitrogen and oxygen atoms in total. The van der Waals surface area contributed by atoms with Crippen LogP contribution in [0, 0.1) is 12.7 Å². The highest BCUT2D eigenvalue weighted by atomic mass is 79.9. The second-order valence-corrected chi connectivity index (χ2v) is 3.27. The SMILES string of the molecule is Cc1c(CNO)ccc(F)c1Br. The Morgan fingerprint density at radius 1 is 1.58 bits per heavy atom. The second kappa shape index (κ2) is 3.98. The summed E-state index contributed by atoms with van der Waals surface area (Å²) < 4.78 is 13.3. The van der Waals surface area contributed by atoms with Gasteiger partial charge in [0.05, 0.1) is 4.47 Å². The van der Waals surface area contributed by atoms with E-state index < -0.39 is 0 Å². The van der Waals surface area contributed by atoms with Gasteiger partial charge in [-0.2, -0.15) is 0 Å². The van der Waals surface area contributed by atoms with Gasteiger partial charge in [0.15, 0.2) is 0 Å². The zero-order valence-corrected chi connectivity index (χ0v) is 8.15. The summed E-state index contributed by atoms with van der Waals surface area (Å²) >= 11 is 3.12. The minimum Gasteiger partial charge on any atom is -0.316 e. The molecule has 0 aromatic heterocycles. The molecule has 0 saturated carbocycles. The maximum absolute atomic E-state index is 12.9. The van der Waals surface area contributed by atoms with Crippen LogP contribution in [-0.2, 0) is 6.54 Å². The Balaban J connectivity index is 3.08. The number of hydrogen-bond donors (Lipinski definition) is 2. The molecule has 0 aliphatic rings. The lowest BCUT2D eigenvalue weighted by molar-refractivity contribution is 0.161. The van der Waals surface area contributed by atoms with Gasteiger partial charge >= 0.3 is 0 Å². The van der Waals surface area contributed by atoms with Crippen LogP contribution in [0.25, 0.3) is 0 Å². The fourth-order valence-corrected chi connectivity index (χ4v) is 1.36. The molecule has 0 aliphatic heterocycles. The van der Waals surface area contributed by atoms with E-state index in [1.807, 2.05) is 5.48 Å². The van der Waals surface area contributed by atoms with Crippen LogP contribution in [-0.4, -0.2) is 5.21 Å². The summed E-state index contributed by atoms with van der Waals surface area (Å²) in [5, 5.41) is 8.45. The van der Waals surface area contributed by atoms with Gasteiger partial charge in [-0.1, -0.05) is 6.07 Å². The van der Waals surface area contributed by atoms with Crippen LogP contribution in [0.5, 0.6) is 0 Å². The molecule has 0 atom stereocenters. The molecule has 0 unspecified atom stereocenters. The number of halogens is 2. The van der Waals surface area contributed by atoms with Crippen molar-refractivity contribution in [3.8, 4) is 0 Å². The van der Waals surface area contributed by atoms with Crippen molar-refractivity contribution in [3.63, 3.8) is 0 Å². The first-order valence-electron chi connectivity index (χ1n) is 3.47. The number of hydroxylamine groups is 1. The van der Waals surface area contributed by atoms with Gasteiger partial charge in [-0.3, -0.25) is 0 Å². The molecule has 12 heavy (non-hydrogen) atoms. The minimum atomic E-state index is -0.283. The van der Waals surface area contributed by atoms with Gasteiger partial charge in [-0.15, -0.1) is 0 Å². The van der Waals surface area contributed by atoms with Crippen molar-refractivity contribution in [1.82, 2.24) is 5.48 Å². The predicted molar refractivity (Wildman–Crippen MR) is 47.5 cm³/mol. The molecule has 4 heteroatoms. The fraction of sp³-hybridized carbons (Fsp3) is 0.250. The number of benzene rings is 1. The summed E-state index contributed by atoms with van der Waals surface area (Å²) in [7, 11) is 0. The van der Waals surface area contributed by atoms with Gasteiger partial charge < -0.3 is 5.21 Å². The Hall–Kier alpha value is -0.450. The maximum Gasteiger partial charge on any atom is 0.137 e. The molecule has 0 spiro atoms. The van der Waals surface area contributed by atoms with Crippen molar-refractivity contribution in [1.29, 1.82) is 0 Å². The van der Waals surface area contributed by atoms with E-state index in [0.717, 1.165) is 11.1 Å². The van der Waals surface area contributed by atoms with E-state index in [4.69, 9.17) is 5.21 Å². The third-order valence-corrected chi connectivity index (χ3v) is 2.69. The summed E-state index contributed by atoms with van der Waals surface area (Å²) in [6.45, 7) is 2.12. The molecule has 66 valence electrons. The smallest absolute Gasteiger partial charge is 0.137 e. The molecule has 1 aromatic carbocycles. The third-order valence-electron chi connectivity index (χ3n) is 1.72. The summed E-state index contributed by atoms with van der Waals surface area (Å²) in [4.78, 5) is 0. The van der Waals surface area contributed by atoms with Crippen molar-refractivity contribution >= 4 is 15.9 Å². The number of hydrogen-bond acceptors (Lipinski definition) is 2. The Kier molecular flexibility index (Phi) is 3.20. The second-order valence-electron chi connectivity index (χ2n) is 2.48. The summed E-state index contributed by atoms with van der Waals surface area (Å²) in [6, 6.07) is 3.00. The molecule has 0 aliphatic carbocycles. The highest BCUT2D eigenvalue weighted by molar-refractivity contribution is 9.10. The standard InChI is InChI=1S/C8H9BrFNO/c1-5-6(4-11-12)2-3-7(10)8(5)9/h2-3,11-12H,4H2,1H3. The van der Waals surface area contributed by atoms with Crippen molar-refractivity contribution in [2.45, 2.75) is 13.5 Å². The monoisotopic (exact) mass is 233 g/mol. The molecule has 0 heterocycles. The molecule has 0 saturated heterocycles. The number of nitrogens with one attached hydrogen (secondary N) is 1. The zero-order chi connectivity index (χ0) is 9.14. The van der Waals surface area contributed by atoms with E-state index in [9.17, 15) is 4.39 Å². The Morgan fingerprint density at radius 2 is 2.25 bits per heavy atom. The van der Waals surface area contributed by atoms with E-state index in [1.165, 1.54) is 6.07 Å². The highest BCUT2D eigenvalue weighted by Crippen LogP contribution is 2.22. The zero-order valence-electron chi connectivity index (χ0n) is 6.56. The minimum absolute atomic E-state index is 0.283. The van der Waals surface area contributed by atoms with Crippen molar-refractivity contribution in [2.75, 3.05) is 0 Å². The maximum atomic E-state index is 12.9. The Labute approximate surface area is 78.5 Å². The summed E-state index contributed by atoms with van der Waals surface area (Å²) in [6.07, 6.45) is 0. The summed E-state index contributed by atoms with van der Waals surface area (Å²) in [5.41, 5.74) is 3.70. The first kappa shape index (κ1) is 9.64. The van der Waals surface area contributed by atoms with Crippen LogP contribution in [0.2, 0.25) is 0 Å². The molecular formula is C8H9BrFNO. The molecule has 1 rings (SSSR count). The van der Waals surface area contributed by atoms with E-state index in [1.54, 1.807) is 13.0 Å². The first-order valence-corrected chi connectivity index (χ1v) is 4.26. The largest absolute Gasteiger partial charge is 0.316 e. The van der Waals surface area contributed by atoms with Crippen LogP contribution in [0.4, 0.5) is 4.39 Å². The third kappa shape index (κ3) is 1.83. The fourth-order valence-electron chi connectivity index (χ4n) is 0.969. The molecule has 0 bridgehead atoms. The Morgan fingerprint density at radius 3 is 2.83 bits per heavy atom. The van der Waals surface area contributed by atoms with Crippen molar-refractivity contribution in [3.05, 3.63) is 33.5 Å². The highest BCUT2D eigenvalue weighted by Gasteiger charge is 2.05. The quantitative estimate of drug-likeness (QED) is 0.770. The number of rotatable bonds is 2. The lowest BCUT2D eigenvalue weighted by atomic mass is 10.1. The lowest BCUT2D eigenvalue weighted by Crippen LogP contribution is -2.08. The average molecular weight is 234 g/mol. The van der Waals surface area contributed by atoms with Crippen LogP contribution in [0.3, 0.4) is 0 Å². The summed E-state index contributed by atoms with van der Waals surface area (Å²) in [5.74, 6) is -0.283. The van der Waals surface area contributed by atoms with Crippen LogP contribution in [0.1, 0.15) is 11.1 Å². The van der Waals surface area contributed by atoms with E-state index in [2.05, 4.69) is 15.9 Å². The van der Waals surface area contributed by atoms with Crippen LogP contribution < -0.4 is 5.48 Å². The van der Waals surface area contributed by atoms with Crippen LogP contribution >= 0.6 is 15.9 Å². The average Bonchev–Trinajstić information content (AvgIpc) is 2.07. The van der Waals surface area contributed by atoms with E-state index in [0.29, 0.717) is 11.0 Å². The molecular weight excluding hydrogens is 225 g/mol. The normalized spacial score (nSPS) is 10.3. The van der Waals surface area contributed by atoms with Gasteiger partial charge in [-0.05, 0) is 40.0 Å². The Bertz CT molecular complexity index is 291. The van der Waals surface area contributed by atoms with E-state index >= 15 is 0 Å². The van der Waals surface area contributed by atoms with Gasteiger partial charge in [0.2, 0.25) is 0 Å². The molecule has 0 amide bonds. The topological polar surface area (TPSA) is 32.3 Å². The molecule has 2 N–H and O–H groups in total. The lowest BCUT2D eigenvalue weighted by Gasteiger charge is -2.06. The first-order chi connectivity index (χ1) is 5.66. The van der Waals surface area contributed by atoms with Crippen molar-refractivity contribution in [2.24, 2.45) is 0 Å². The molecule has 1 aromatic rings. The van der Waals surface area contributed by atoms with Gasteiger partial charge in [0.25, 0.3) is 0 Å². The van der Waals surface area contributed by atoms with Gasteiger partial charge in [-0.25, -0.2) is 9.87 Å². The van der Waals surface area contributed by atoms with Gasteiger partial charge in [0, 0.05) is 6.54 Å². The molecule has 0 radical (unpaired) electrons. The predicted octanol–water partition coefficient (Wildman–Crippen LogP) is 2.38. The van der Waals surface area contributed by atoms with Crippen molar-refractivity contribution < 1.29 is 9.60 Å². The van der Waals surface area contributed by atoms with Gasteiger partial charge in [0.1, 0.15) is 5.82 Å².